The molecule has 0 heterocycles. The third-order valence-corrected chi connectivity index (χ3v) is 3.31. The zero-order valence-corrected chi connectivity index (χ0v) is 26.3. The monoisotopic (exact) mass is 490 g/mol. The average molecular weight is 490 g/mol. The fraction of sp³-hybridized carbons (Fsp3) is 0.935. The summed E-state index contributed by atoms with van der Waals surface area (Å²) in [4.78, 5) is 25.0. The normalized spacial score (nSPS) is 12.0. The fourth-order valence-corrected chi connectivity index (χ4v) is 1.93. The van der Waals surface area contributed by atoms with Gasteiger partial charge in [-0.25, -0.2) is 0 Å². The molecule has 0 N–H and O–H groups in total. The molecular formula is C31H71NO2. The molecule has 0 saturated heterocycles. The second kappa shape index (κ2) is 16.0. The van der Waals surface area contributed by atoms with Crippen LogP contribution in [0.5, 0.6) is 0 Å². The molecule has 0 unspecified atom stereocenters. The smallest absolute Gasteiger partial charge is 0.228 e. The van der Waals surface area contributed by atoms with Crippen LogP contribution in [0.4, 0.5) is 0 Å². The Labute approximate surface area is 219 Å². The van der Waals surface area contributed by atoms with Gasteiger partial charge < -0.3 is 4.90 Å². The molecule has 0 radical (unpaired) electrons. The first-order chi connectivity index (χ1) is 13.2. The second-order valence-electron chi connectivity index (χ2n) is 16.1. The summed E-state index contributed by atoms with van der Waals surface area (Å²) in [6.45, 7) is 41.2. The van der Waals surface area contributed by atoms with Gasteiger partial charge in [-0.2, -0.15) is 0 Å². The Balaban J connectivity index is -0.0000000806. The first-order valence-corrected chi connectivity index (χ1v) is 12.1. The summed E-state index contributed by atoms with van der Waals surface area (Å²) in [5, 5.41) is 0. The third-order valence-electron chi connectivity index (χ3n) is 3.31. The minimum atomic E-state index is -0.276. The molecule has 0 aliphatic rings. The lowest BCUT2D eigenvalue weighted by atomic mass is 9.76. The Morgan fingerprint density at radius 2 is 0.618 bits per heavy atom. The second-order valence-corrected chi connectivity index (χ2v) is 16.1. The molecule has 212 valence electrons. The van der Waals surface area contributed by atoms with Crippen molar-refractivity contribution in [2.75, 3.05) is 7.05 Å². The molecule has 0 aliphatic heterocycles. The Kier molecular flexibility index (Phi) is 21.9. The van der Waals surface area contributed by atoms with Gasteiger partial charge in [0, 0.05) is 28.8 Å². The number of amides is 1. The molecule has 3 nitrogen and oxygen atoms in total. The number of carbonyl (C=O) groups excluding carboxylic acids is 2. The van der Waals surface area contributed by atoms with Crippen molar-refractivity contribution in [2.45, 2.75) is 159 Å². The summed E-state index contributed by atoms with van der Waals surface area (Å²) in [5.41, 5.74) is 0.253. The Morgan fingerprint density at radius 3 is 0.647 bits per heavy atom. The first kappa shape index (κ1) is 46.5. The van der Waals surface area contributed by atoms with Crippen LogP contribution in [0.2, 0.25) is 0 Å². The first-order valence-electron chi connectivity index (χ1n) is 12.1. The van der Waals surface area contributed by atoms with E-state index in [1.807, 2.05) is 90.1 Å². The number of Topliss-reactive ketones (excluding diaryl/α,β-unsaturated/α-hetero) is 1. The lowest BCUT2D eigenvalue weighted by Gasteiger charge is -2.36. The zero-order chi connectivity index (χ0) is 27.7. The Bertz CT molecular complexity index is 491. The van der Waals surface area contributed by atoms with Crippen LogP contribution in [0.1, 0.15) is 153 Å². The van der Waals surface area contributed by atoms with Crippen LogP contribution in [0, 0.1) is 27.1 Å². The van der Waals surface area contributed by atoms with Crippen molar-refractivity contribution in [1.29, 1.82) is 0 Å². The standard InChI is InChI=1S/C10H21NO.C9H18O.2C5H12.2CH4/c1-9(2,3)8(12)11(7)10(4,5)6;1-8(2,3)7(10)9(4,5)6;2*1-5(2,3)4;;/h1-7H3;1-6H3;2*1-4H3;2*1H4. The Morgan fingerprint density at radius 1 is 0.441 bits per heavy atom. The maximum absolute atomic E-state index is 11.7. The van der Waals surface area contributed by atoms with Crippen molar-refractivity contribution in [3.05, 3.63) is 0 Å². The lowest BCUT2D eigenvalue weighted by molar-refractivity contribution is -0.142. The van der Waals surface area contributed by atoms with E-state index in [0.717, 1.165) is 0 Å². The molecule has 0 aliphatic carbocycles. The highest BCUT2D eigenvalue weighted by Gasteiger charge is 2.32. The van der Waals surface area contributed by atoms with Crippen molar-refractivity contribution in [1.82, 2.24) is 4.90 Å². The van der Waals surface area contributed by atoms with Crippen molar-refractivity contribution in [3.8, 4) is 0 Å². The summed E-state index contributed by atoms with van der Waals surface area (Å²) >= 11 is 0. The maximum atomic E-state index is 11.7. The number of rotatable bonds is 0. The quantitative estimate of drug-likeness (QED) is 0.339. The van der Waals surface area contributed by atoms with Crippen LogP contribution in [-0.4, -0.2) is 29.2 Å². The number of ketones is 1. The van der Waals surface area contributed by atoms with E-state index in [-0.39, 0.29) is 42.5 Å². The fourth-order valence-electron chi connectivity index (χ4n) is 1.93. The molecule has 0 atom stereocenters. The molecule has 0 rings (SSSR count). The zero-order valence-electron chi connectivity index (χ0n) is 26.3. The van der Waals surface area contributed by atoms with Gasteiger partial charge in [0.15, 0.2) is 0 Å². The molecule has 0 spiro atoms. The molecule has 0 fully saturated rings. The van der Waals surface area contributed by atoms with E-state index in [2.05, 4.69) is 55.4 Å². The SMILES string of the molecule is C.C.CC(C)(C)C.CC(C)(C)C.CC(C)(C)C(=O)C(C)(C)C.CN(C(=O)C(C)(C)C)C(C)(C)C. The molecule has 0 aromatic carbocycles. The van der Waals surface area contributed by atoms with Crippen LogP contribution in [0.15, 0.2) is 0 Å². The topological polar surface area (TPSA) is 37.4 Å². The lowest BCUT2D eigenvalue weighted by Crippen LogP contribution is -2.47. The average Bonchev–Trinajstić information content (AvgIpc) is 2.37. The van der Waals surface area contributed by atoms with E-state index >= 15 is 0 Å². The van der Waals surface area contributed by atoms with Crippen LogP contribution in [0.25, 0.3) is 0 Å². The minimum Gasteiger partial charge on any atom is -0.340 e. The molecule has 0 aromatic heterocycles. The van der Waals surface area contributed by atoms with Gasteiger partial charge in [0.1, 0.15) is 5.78 Å². The number of nitrogens with zero attached hydrogens (tertiary/aromatic N) is 1. The predicted octanol–water partition coefficient (Wildman–Crippen LogP) is 10.3. The molecular weight excluding hydrogens is 418 g/mol. The van der Waals surface area contributed by atoms with Crippen molar-refractivity contribution in [3.63, 3.8) is 0 Å². The van der Waals surface area contributed by atoms with E-state index in [0.29, 0.717) is 16.6 Å². The van der Waals surface area contributed by atoms with E-state index in [4.69, 9.17) is 0 Å². The molecule has 0 aromatic rings. The van der Waals surface area contributed by atoms with Crippen molar-refractivity contribution >= 4 is 11.7 Å². The predicted molar refractivity (Wildman–Crippen MR) is 160 cm³/mol. The largest absolute Gasteiger partial charge is 0.340 e. The van der Waals surface area contributed by atoms with Crippen LogP contribution in [-0.2, 0) is 9.59 Å². The molecule has 34 heavy (non-hydrogen) atoms. The molecule has 0 saturated carbocycles. The van der Waals surface area contributed by atoms with Gasteiger partial charge >= 0.3 is 0 Å². The van der Waals surface area contributed by atoms with Crippen LogP contribution in [0.3, 0.4) is 0 Å². The van der Waals surface area contributed by atoms with Crippen LogP contribution < -0.4 is 0 Å². The summed E-state index contributed by atoms with van der Waals surface area (Å²) in [6, 6.07) is 0. The van der Waals surface area contributed by atoms with Gasteiger partial charge in [0.2, 0.25) is 5.91 Å². The minimum absolute atomic E-state index is 0. The van der Waals surface area contributed by atoms with Gasteiger partial charge in [-0.05, 0) is 31.6 Å². The molecule has 0 bridgehead atoms. The highest BCUT2D eigenvalue weighted by molar-refractivity contribution is 5.88. The van der Waals surface area contributed by atoms with Crippen molar-refractivity contribution in [2.24, 2.45) is 27.1 Å². The van der Waals surface area contributed by atoms with Gasteiger partial charge in [-0.1, -0.05) is 133 Å². The summed E-state index contributed by atoms with van der Waals surface area (Å²) < 4.78 is 0. The van der Waals surface area contributed by atoms with Crippen molar-refractivity contribution < 1.29 is 9.59 Å². The number of carbonyl (C=O) groups is 2. The molecule has 3 heteroatoms. The highest BCUT2D eigenvalue weighted by Crippen LogP contribution is 2.27. The van der Waals surface area contributed by atoms with Gasteiger partial charge in [0.05, 0.1) is 0 Å². The van der Waals surface area contributed by atoms with E-state index < -0.39 is 0 Å². The van der Waals surface area contributed by atoms with E-state index in [1.54, 1.807) is 4.90 Å². The summed E-state index contributed by atoms with van der Waals surface area (Å²) in [6.07, 6.45) is 0. The van der Waals surface area contributed by atoms with E-state index in [1.165, 1.54) is 0 Å². The van der Waals surface area contributed by atoms with Gasteiger partial charge in [0.25, 0.3) is 0 Å². The number of hydrogen-bond donors (Lipinski definition) is 0. The maximum Gasteiger partial charge on any atom is 0.228 e. The highest BCUT2D eigenvalue weighted by atomic mass is 16.2. The van der Waals surface area contributed by atoms with Crippen LogP contribution >= 0.6 is 0 Å². The summed E-state index contributed by atoms with van der Waals surface area (Å²) in [7, 11) is 1.85. The van der Waals surface area contributed by atoms with Gasteiger partial charge in [-0.3, -0.25) is 9.59 Å². The molecule has 1 amide bonds. The third kappa shape index (κ3) is 38.4. The van der Waals surface area contributed by atoms with Gasteiger partial charge in [-0.15, -0.1) is 0 Å². The number of hydrogen-bond acceptors (Lipinski definition) is 2. The Hall–Kier alpha value is -0.860. The van der Waals surface area contributed by atoms with E-state index in [9.17, 15) is 9.59 Å². The summed E-state index contributed by atoms with van der Waals surface area (Å²) in [5.74, 6) is 0.509.